The first-order valence-electron chi connectivity index (χ1n) is 8.70. The van der Waals surface area contributed by atoms with Gasteiger partial charge in [-0.25, -0.2) is 4.68 Å². The van der Waals surface area contributed by atoms with Gasteiger partial charge in [-0.1, -0.05) is 17.7 Å². The zero-order valence-corrected chi connectivity index (χ0v) is 15.4. The molecule has 3 aromatic heterocycles. The van der Waals surface area contributed by atoms with Crippen LogP contribution in [0.25, 0.3) is 17.1 Å². The largest absolute Gasteiger partial charge is 0.433 e. The van der Waals surface area contributed by atoms with Crippen LogP contribution < -0.4 is 5.43 Å². The number of nitrogens with zero attached hydrogens (tertiary/aromatic N) is 5. The van der Waals surface area contributed by atoms with Crippen LogP contribution in [-0.2, 0) is 0 Å². The summed E-state index contributed by atoms with van der Waals surface area (Å²) in [6.45, 7) is 2.00. The first-order chi connectivity index (χ1) is 14.1. The van der Waals surface area contributed by atoms with E-state index in [0.29, 0.717) is 11.3 Å². The third-order valence-corrected chi connectivity index (χ3v) is 4.11. The third-order valence-electron chi connectivity index (χ3n) is 4.11. The number of rotatable bonds is 6. The summed E-state index contributed by atoms with van der Waals surface area (Å²) in [5.41, 5.74) is 6.66. The maximum atomic E-state index is 11.0. The molecule has 0 saturated carbocycles. The predicted molar refractivity (Wildman–Crippen MR) is 108 cm³/mol. The SMILES string of the molecule is Cc1ccc(-n2cc(/C=N/Nc3cccnc3)c(-c3ccc([N+](=O)[O-])o3)n2)cc1. The Morgan fingerprint density at radius 2 is 2.03 bits per heavy atom. The lowest BCUT2D eigenvalue weighted by molar-refractivity contribution is -0.401. The summed E-state index contributed by atoms with van der Waals surface area (Å²) in [5, 5.41) is 19.7. The molecule has 0 spiro atoms. The molecule has 9 nitrogen and oxygen atoms in total. The zero-order chi connectivity index (χ0) is 20.2. The molecule has 0 amide bonds. The topological polar surface area (TPSA) is 111 Å². The third kappa shape index (κ3) is 4.03. The van der Waals surface area contributed by atoms with E-state index in [4.69, 9.17) is 4.42 Å². The molecule has 1 aromatic carbocycles. The molecule has 4 rings (SSSR count). The van der Waals surface area contributed by atoms with Crippen LogP contribution in [0, 0.1) is 17.0 Å². The smallest absolute Gasteiger partial charge is 0.399 e. The summed E-state index contributed by atoms with van der Waals surface area (Å²) in [7, 11) is 0. The quantitative estimate of drug-likeness (QED) is 0.301. The van der Waals surface area contributed by atoms with Crippen molar-refractivity contribution in [2.45, 2.75) is 6.92 Å². The molecule has 9 heteroatoms. The van der Waals surface area contributed by atoms with E-state index in [1.165, 1.54) is 12.1 Å². The molecule has 0 aliphatic heterocycles. The highest BCUT2D eigenvalue weighted by Gasteiger charge is 2.18. The number of hydrazone groups is 1. The van der Waals surface area contributed by atoms with Crippen LogP contribution in [0.5, 0.6) is 0 Å². The maximum Gasteiger partial charge on any atom is 0.433 e. The number of nitrogens with one attached hydrogen (secondary N) is 1. The van der Waals surface area contributed by atoms with Crippen molar-refractivity contribution in [2.24, 2.45) is 5.10 Å². The van der Waals surface area contributed by atoms with Gasteiger partial charge in [-0.05, 0) is 37.3 Å². The summed E-state index contributed by atoms with van der Waals surface area (Å²) in [6, 6.07) is 14.3. The Morgan fingerprint density at radius 3 is 2.72 bits per heavy atom. The van der Waals surface area contributed by atoms with E-state index in [0.717, 1.165) is 16.9 Å². The Hall–Kier alpha value is -4.27. The number of aryl methyl sites for hydroxylation is 1. The second-order valence-electron chi connectivity index (χ2n) is 6.22. The molecule has 0 aliphatic rings. The average molecular weight is 388 g/mol. The molecule has 144 valence electrons. The van der Waals surface area contributed by atoms with Crippen molar-refractivity contribution >= 4 is 17.8 Å². The van der Waals surface area contributed by atoms with Gasteiger partial charge in [-0.2, -0.15) is 10.2 Å². The normalized spacial score (nSPS) is 11.1. The van der Waals surface area contributed by atoms with Gasteiger partial charge in [0.15, 0.2) is 5.76 Å². The molecule has 0 bridgehead atoms. The van der Waals surface area contributed by atoms with Gasteiger partial charge in [0, 0.05) is 18.0 Å². The van der Waals surface area contributed by atoms with E-state index in [2.05, 4.69) is 20.6 Å². The number of benzene rings is 1. The second-order valence-corrected chi connectivity index (χ2v) is 6.22. The first-order valence-corrected chi connectivity index (χ1v) is 8.70. The van der Waals surface area contributed by atoms with E-state index in [1.807, 2.05) is 37.3 Å². The van der Waals surface area contributed by atoms with Crippen LogP contribution in [0.2, 0.25) is 0 Å². The number of furan rings is 1. The molecule has 1 N–H and O–H groups in total. The molecule has 0 aliphatic carbocycles. The maximum absolute atomic E-state index is 11.0. The van der Waals surface area contributed by atoms with Crippen molar-refractivity contribution in [3.63, 3.8) is 0 Å². The monoisotopic (exact) mass is 388 g/mol. The van der Waals surface area contributed by atoms with Crippen molar-refractivity contribution in [3.05, 3.63) is 88.4 Å². The molecule has 0 fully saturated rings. The van der Waals surface area contributed by atoms with E-state index < -0.39 is 4.92 Å². The van der Waals surface area contributed by atoms with Crippen LogP contribution in [0.3, 0.4) is 0 Å². The molecule has 0 unspecified atom stereocenters. The molecule has 29 heavy (non-hydrogen) atoms. The van der Waals surface area contributed by atoms with Crippen molar-refractivity contribution in [1.82, 2.24) is 14.8 Å². The zero-order valence-electron chi connectivity index (χ0n) is 15.4. The van der Waals surface area contributed by atoms with Gasteiger partial charge >= 0.3 is 5.88 Å². The highest BCUT2D eigenvalue weighted by molar-refractivity contribution is 5.88. The van der Waals surface area contributed by atoms with Gasteiger partial charge in [-0.3, -0.25) is 20.5 Å². The fourth-order valence-corrected chi connectivity index (χ4v) is 2.66. The number of anilines is 1. The number of hydrogen-bond acceptors (Lipinski definition) is 7. The molecule has 4 aromatic rings. The molecular weight excluding hydrogens is 372 g/mol. The lowest BCUT2D eigenvalue weighted by Crippen LogP contribution is -1.94. The van der Waals surface area contributed by atoms with Crippen LogP contribution in [-0.4, -0.2) is 25.9 Å². The summed E-state index contributed by atoms with van der Waals surface area (Å²) in [5.74, 6) is -0.0633. The van der Waals surface area contributed by atoms with Crippen LogP contribution in [0.1, 0.15) is 11.1 Å². The number of hydrogen-bond donors (Lipinski definition) is 1. The summed E-state index contributed by atoms with van der Waals surface area (Å²) in [4.78, 5) is 14.4. The van der Waals surface area contributed by atoms with Crippen molar-refractivity contribution < 1.29 is 9.34 Å². The Bertz CT molecular complexity index is 1160. The Labute approximate surface area is 165 Å². The van der Waals surface area contributed by atoms with Gasteiger partial charge in [-0.15, -0.1) is 0 Å². The van der Waals surface area contributed by atoms with E-state index in [1.54, 1.807) is 35.6 Å². The van der Waals surface area contributed by atoms with Crippen molar-refractivity contribution in [3.8, 4) is 17.1 Å². The molecule has 0 saturated heterocycles. The molecule has 3 heterocycles. The highest BCUT2D eigenvalue weighted by atomic mass is 16.6. The van der Waals surface area contributed by atoms with Crippen LogP contribution in [0.4, 0.5) is 11.6 Å². The van der Waals surface area contributed by atoms with E-state index >= 15 is 0 Å². The molecular formula is C20H16N6O3. The Morgan fingerprint density at radius 1 is 1.21 bits per heavy atom. The summed E-state index contributed by atoms with van der Waals surface area (Å²) in [6.07, 6.45) is 6.67. The second kappa shape index (κ2) is 7.77. The lowest BCUT2D eigenvalue weighted by atomic mass is 10.2. The van der Waals surface area contributed by atoms with Gasteiger partial charge in [0.2, 0.25) is 0 Å². The van der Waals surface area contributed by atoms with Crippen molar-refractivity contribution in [1.29, 1.82) is 0 Å². The van der Waals surface area contributed by atoms with E-state index in [-0.39, 0.29) is 11.6 Å². The van der Waals surface area contributed by atoms with Gasteiger partial charge in [0.05, 0.1) is 29.9 Å². The van der Waals surface area contributed by atoms with Crippen LogP contribution >= 0.6 is 0 Å². The Balaban J connectivity index is 1.70. The fraction of sp³-hybridized carbons (Fsp3) is 0.0500. The summed E-state index contributed by atoms with van der Waals surface area (Å²) >= 11 is 0. The molecule has 0 radical (unpaired) electrons. The fourth-order valence-electron chi connectivity index (χ4n) is 2.66. The number of nitro groups is 1. The predicted octanol–water partition coefficient (Wildman–Crippen LogP) is 4.19. The molecule has 0 atom stereocenters. The van der Waals surface area contributed by atoms with Gasteiger partial charge < -0.3 is 4.42 Å². The average Bonchev–Trinajstić information content (AvgIpc) is 3.37. The van der Waals surface area contributed by atoms with Crippen molar-refractivity contribution in [2.75, 3.05) is 5.43 Å². The van der Waals surface area contributed by atoms with Crippen LogP contribution in [0.15, 0.2) is 76.6 Å². The lowest BCUT2D eigenvalue weighted by Gasteiger charge is -2.00. The van der Waals surface area contributed by atoms with Gasteiger partial charge in [0.1, 0.15) is 10.6 Å². The number of pyridine rings is 1. The Kier molecular flexibility index (Phi) is 4.85. The minimum absolute atomic E-state index is 0.283. The van der Waals surface area contributed by atoms with Gasteiger partial charge in [0.25, 0.3) is 0 Å². The minimum atomic E-state index is -0.585. The number of aromatic nitrogens is 3. The summed E-state index contributed by atoms with van der Waals surface area (Å²) < 4.78 is 7.01. The highest BCUT2D eigenvalue weighted by Crippen LogP contribution is 2.28. The minimum Gasteiger partial charge on any atom is -0.399 e. The van der Waals surface area contributed by atoms with E-state index in [9.17, 15) is 10.1 Å². The first kappa shape index (κ1) is 18.1. The standard InChI is InChI=1S/C20H16N6O3/c1-14-4-6-17(7-5-14)25-13-15(11-22-23-16-3-2-10-21-12-16)20(24-25)18-8-9-19(29-18)26(27)28/h2-13,23H,1H3/b22-11+.